The Morgan fingerprint density at radius 2 is 1.28 bits per heavy atom. The van der Waals surface area contributed by atoms with Crippen LogP contribution in [0.15, 0.2) is 127 Å². The molecule has 7 aliphatic rings. The number of carbonyl (C=O) groups excluding carboxylic acids is 2. The molecule has 1 aliphatic carbocycles. The third-order valence-electron chi connectivity index (χ3n) is 21.7. The Balaban J connectivity index is 0.647. The Labute approximate surface area is 589 Å². The van der Waals surface area contributed by atoms with Crippen molar-refractivity contribution >= 4 is 68.2 Å². The van der Waals surface area contributed by atoms with Crippen LogP contribution in [0, 0.1) is 35.3 Å². The number of fused-ring (bicyclic) bond motifs is 5. The molecular formula is C78H71F6N15O4. The van der Waals surface area contributed by atoms with E-state index in [1.165, 1.54) is 34.6 Å². The third kappa shape index (κ3) is 12.8. The molecule has 19 nitrogen and oxygen atoms in total. The van der Waals surface area contributed by atoms with Crippen molar-refractivity contribution in [3.63, 3.8) is 0 Å². The van der Waals surface area contributed by atoms with Crippen LogP contribution >= 0.6 is 0 Å². The van der Waals surface area contributed by atoms with Gasteiger partial charge in [0.25, 0.3) is 11.8 Å². The number of alkyl halides is 2. The molecule has 16 rings (SSSR count). The molecule has 7 fully saturated rings. The normalized spacial score (nSPS) is 23.3. The van der Waals surface area contributed by atoms with Crippen LogP contribution in [0.2, 0.25) is 0 Å². The molecule has 1 unspecified atom stereocenters. The highest BCUT2D eigenvalue weighted by atomic mass is 19.2. The number of halogens is 6. The number of piperazine rings is 1. The van der Waals surface area contributed by atoms with E-state index >= 15 is 22.0 Å². The summed E-state index contributed by atoms with van der Waals surface area (Å²) in [6, 6.07) is 28.0. The van der Waals surface area contributed by atoms with Crippen LogP contribution in [0.4, 0.5) is 38.0 Å². The van der Waals surface area contributed by atoms with Gasteiger partial charge in [-0.05, 0) is 104 Å². The first-order valence-corrected chi connectivity index (χ1v) is 35.1. The molecule has 6 atom stereocenters. The summed E-state index contributed by atoms with van der Waals surface area (Å²) >= 11 is 0. The van der Waals surface area contributed by atoms with Crippen molar-refractivity contribution in [3.8, 4) is 52.9 Å². The lowest BCUT2D eigenvalue weighted by atomic mass is 9.87. The molecule has 6 aliphatic heterocycles. The first kappa shape index (κ1) is 66.9. The van der Waals surface area contributed by atoms with Crippen molar-refractivity contribution in [3.05, 3.63) is 167 Å². The van der Waals surface area contributed by atoms with Gasteiger partial charge in [0.2, 0.25) is 0 Å². The number of ether oxygens (including phenoxy) is 2. The van der Waals surface area contributed by atoms with Gasteiger partial charge in [-0.15, -0.1) is 6.42 Å². The topological polar surface area (TPSA) is 199 Å². The first-order valence-electron chi connectivity index (χ1n) is 35.1. The number of anilines is 2. The van der Waals surface area contributed by atoms with Crippen LogP contribution in [0.3, 0.4) is 0 Å². The summed E-state index contributed by atoms with van der Waals surface area (Å²) in [6.07, 6.45) is 16.5. The third-order valence-corrected chi connectivity index (χ3v) is 21.7. The van der Waals surface area contributed by atoms with E-state index in [1.54, 1.807) is 48.5 Å². The summed E-state index contributed by atoms with van der Waals surface area (Å²) in [5, 5.41) is 12.1. The summed E-state index contributed by atoms with van der Waals surface area (Å²) in [4.78, 5) is 75.6. The standard InChI is InChI=1S/C78H71F6N15O4/c1-2-47-11-7-12-49-13-8-17-59(64(47)49)68-66(84)69-60(39-89-68)71(94-26-10-27-95(30-29-94)73(100)62(81)34-54-14-5-6-24-86-54)92-75(90-69)103-46-78-36-51(41-98(78)43-53(80)38-78)50-21-25-87-55(33-50)35-63(82)74(101)99-32-31-96(44-56(99)20-23-85)72-61-40-88-67(58-16-4-3-15-57(58)48-18-19-48)65(83)70(61)91-76(93-72)102-45-77-22-9-28-97(77)42-52(79)37-77/h1,3-8,11-17,21,24-25,33-35,39-40,48,51-53,56H,9-10,18-20,22,26-32,36-38,41-46H2/b62-34-,63-35-/t51?,52-,53-,56+,77+,78+/m1/s1. The van der Waals surface area contributed by atoms with E-state index in [2.05, 4.69) is 41.8 Å². The fourth-order valence-electron chi connectivity index (χ4n) is 16.6. The van der Waals surface area contributed by atoms with Gasteiger partial charge in [0.15, 0.2) is 23.3 Å². The Morgan fingerprint density at radius 3 is 2.02 bits per heavy atom. The number of benzene rings is 3. The number of terminal acetylenes is 1. The van der Waals surface area contributed by atoms with Crippen LogP contribution in [0.25, 0.3) is 67.2 Å². The maximum atomic E-state index is 17.7. The minimum Gasteiger partial charge on any atom is -0.461 e. The van der Waals surface area contributed by atoms with E-state index in [0.717, 1.165) is 60.9 Å². The highest BCUT2D eigenvalue weighted by molar-refractivity contribution is 6.02. The van der Waals surface area contributed by atoms with Gasteiger partial charge in [0, 0.05) is 137 Å². The zero-order valence-corrected chi connectivity index (χ0v) is 56.3. The summed E-state index contributed by atoms with van der Waals surface area (Å²) in [5.74, 6) is -2.01. The molecule has 25 heteroatoms. The van der Waals surface area contributed by atoms with E-state index < -0.39 is 64.6 Å². The fraction of sp³-hybridized carbons (Fsp3) is 0.372. The van der Waals surface area contributed by atoms with Crippen molar-refractivity contribution in [2.45, 2.75) is 99.1 Å². The molecule has 6 saturated heterocycles. The predicted molar refractivity (Wildman–Crippen MR) is 376 cm³/mol. The zero-order valence-electron chi connectivity index (χ0n) is 56.3. The smallest absolute Gasteiger partial charge is 0.319 e. The van der Waals surface area contributed by atoms with Crippen LogP contribution in [0.5, 0.6) is 12.0 Å². The van der Waals surface area contributed by atoms with Gasteiger partial charge in [-0.2, -0.15) is 25.2 Å². The number of rotatable bonds is 17. The minimum absolute atomic E-state index is 0.00473. The van der Waals surface area contributed by atoms with Gasteiger partial charge in [-0.1, -0.05) is 66.6 Å². The quantitative estimate of drug-likeness (QED) is 0.0473. The van der Waals surface area contributed by atoms with Gasteiger partial charge in [0.1, 0.15) is 59.6 Å². The Kier molecular flexibility index (Phi) is 17.9. The predicted octanol–water partition coefficient (Wildman–Crippen LogP) is 12.1. The molecule has 12 heterocycles. The highest BCUT2D eigenvalue weighted by Gasteiger charge is 2.54. The number of hydrogen-bond donors (Lipinski definition) is 0. The molecule has 6 aromatic heterocycles. The molecule has 524 valence electrons. The lowest BCUT2D eigenvalue weighted by Gasteiger charge is -2.41. The lowest BCUT2D eigenvalue weighted by Crippen LogP contribution is -2.55. The van der Waals surface area contributed by atoms with Crippen molar-refractivity contribution in [2.75, 3.05) is 95.0 Å². The maximum Gasteiger partial charge on any atom is 0.319 e. The van der Waals surface area contributed by atoms with Crippen LogP contribution in [-0.4, -0.2) is 186 Å². The second-order valence-corrected chi connectivity index (χ2v) is 28.1. The zero-order chi connectivity index (χ0) is 70.7. The molecule has 103 heavy (non-hydrogen) atoms. The average molecular weight is 1400 g/mol. The Morgan fingerprint density at radius 1 is 0.621 bits per heavy atom. The van der Waals surface area contributed by atoms with E-state index in [9.17, 15) is 19.2 Å². The summed E-state index contributed by atoms with van der Waals surface area (Å²) in [7, 11) is 0. The van der Waals surface area contributed by atoms with Gasteiger partial charge in [0.05, 0.1) is 51.8 Å². The van der Waals surface area contributed by atoms with Crippen molar-refractivity contribution in [1.82, 2.24) is 59.5 Å². The molecule has 0 N–H and O–H groups in total. The van der Waals surface area contributed by atoms with E-state index in [0.29, 0.717) is 72.6 Å². The highest BCUT2D eigenvalue weighted by Crippen LogP contribution is 2.49. The molecule has 3 aromatic carbocycles. The number of pyridine rings is 4. The number of carbonyl (C=O) groups is 2. The number of nitrogens with zero attached hydrogens (tertiary/aromatic N) is 15. The second kappa shape index (κ2) is 27.6. The summed E-state index contributed by atoms with van der Waals surface area (Å²) in [6.45, 7) is 2.33. The van der Waals surface area contributed by atoms with E-state index in [-0.39, 0.29) is 140 Å². The Hall–Kier alpha value is -10.6. The monoisotopic (exact) mass is 1400 g/mol. The molecule has 0 radical (unpaired) electrons. The number of aromatic nitrogens is 8. The summed E-state index contributed by atoms with van der Waals surface area (Å²) < 4.78 is 111. The maximum absolute atomic E-state index is 17.7. The molecule has 9 aromatic rings. The number of nitriles is 1. The lowest BCUT2D eigenvalue weighted by molar-refractivity contribution is -0.131. The van der Waals surface area contributed by atoms with Gasteiger partial charge < -0.3 is 29.1 Å². The number of hydrogen-bond acceptors (Lipinski definition) is 17. The molecule has 2 amide bonds. The molecule has 1 saturated carbocycles. The van der Waals surface area contributed by atoms with Crippen LogP contribution in [0.1, 0.15) is 97.7 Å². The molecule has 0 spiro atoms. The van der Waals surface area contributed by atoms with Gasteiger partial charge in [-0.25, -0.2) is 26.3 Å². The van der Waals surface area contributed by atoms with Gasteiger partial charge in [-0.3, -0.25) is 39.3 Å². The van der Waals surface area contributed by atoms with Gasteiger partial charge >= 0.3 is 12.0 Å². The molecular weight excluding hydrogens is 1320 g/mol. The van der Waals surface area contributed by atoms with Crippen LogP contribution in [-0.2, 0) is 9.59 Å². The van der Waals surface area contributed by atoms with Crippen LogP contribution < -0.4 is 19.3 Å². The minimum atomic E-state index is -1.22. The van der Waals surface area contributed by atoms with E-state index in [4.69, 9.17) is 30.8 Å². The van der Waals surface area contributed by atoms with E-state index in [1.807, 2.05) is 57.2 Å². The average Bonchev–Trinajstić information content (AvgIpc) is 1.62. The van der Waals surface area contributed by atoms with Crippen molar-refractivity contribution in [2.24, 2.45) is 0 Å². The molecule has 0 bridgehead atoms. The second-order valence-electron chi connectivity index (χ2n) is 28.1. The largest absolute Gasteiger partial charge is 0.461 e. The fourth-order valence-corrected chi connectivity index (χ4v) is 16.6. The Bertz CT molecular complexity index is 4990. The SMILES string of the molecule is C#Cc1cccc2cccc(-c3ncc4c(N5CCCN(C(=O)/C(F)=C/c6ccccn6)CC5)nc(OC[C@@]56CC(c7ccnc(/C=C(\F)C(=O)N8CCN(c9nc(OC[C@@]%10%11CCCN%10C[C@H](F)C%11)nc%10c(F)c(-c%11ccccc%11C%11CC%11)ncc9%10)C[C@@H]8CC#N)c7)CN5C[C@H](F)C6)nc4c3F)c12. The number of amides is 2. The van der Waals surface area contributed by atoms with Crippen molar-refractivity contribution in [1.29, 1.82) is 5.26 Å². The van der Waals surface area contributed by atoms with Crippen molar-refractivity contribution < 1.29 is 45.4 Å². The first-order chi connectivity index (χ1) is 50.1. The summed E-state index contributed by atoms with van der Waals surface area (Å²) in [5.41, 5.74) is 2.33.